The Labute approximate surface area is 168 Å². The van der Waals surface area contributed by atoms with Gasteiger partial charge in [-0.05, 0) is 48.0 Å². The van der Waals surface area contributed by atoms with Crippen LogP contribution in [0.5, 0.6) is 5.75 Å². The number of hydrogen-bond donors (Lipinski definition) is 0. The van der Waals surface area contributed by atoms with E-state index in [1.807, 2.05) is 18.2 Å². The molecule has 1 fully saturated rings. The number of carbonyl (C=O) groups is 2. The second-order valence-corrected chi connectivity index (χ2v) is 7.43. The van der Waals surface area contributed by atoms with Crippen molar-refractivity contribution >= 4 is 45.0 Å². The minimum absolute atomic E-state index is 0.315. The Kier molecular flexibility index (Phi) is 4.61. The van der Waals surface area contributed by atoms with E-state index in [0.717, 1.165) is 14.9 Å². The Hall–Kier alpha value is -2.45. The van der Waals surface area contributed by atoms with E-state index >= 15 is 0 Å². The lowest BCUT2D eigenvalue weighted by atomic mass is 10.1. The monoisotopic (exact) mass is 448 g/mol. The molecule has 0 saturated carbocycles. The van der Waals surface area contributed by atoms with E-state index in [-0.39, 0.29) is 11.8 Å². The molecule has 2 aliphatic heterocycles. The maximum Gasteiger partial charge on any atom is 0.263 e. The Bertz CT molecular complexity index is 950. The molecule has 2 aromatic rings. The molecule has 7 nitrogen and oxygen atoms in total. The average Bonchev–Trinajstić information content (AvgIpc) is 3.18. The minimum Gasteiger partial charge on any atom is -0.497 e. The zero-order chi connectivity index (χ0) is 19.1. The van der Waals surface area contributed by atoms with Crippen LogP contribution in [0, 0.1) is 0 Å². The van der Waals surface area contributed by atoms with E-state index in [0.29, 0.717) is 23.0 Å². The molecule has 2 amide bonds. The van der Waals surface area contributed by atoms with Gasteiger partial charge in [-0.15, -0.1) is 0 Å². The third-order valence-corrected chi connectivity index (χ3v) is 5.55. The number of benzene rings is 2. The number of amides is 2. The summed E-state index contributed by atoms with van der Waals surface area (Å²) in [5, 5.41) is 10.2. The number of hydrogen-bond acceptors (Lipinski definition) is 6. The fraction of sp³-hybridized carbons (Fsp3) is 0.222. The van der Waals surface area contributed by atoms with Gasteiger partial charge in [-0.1, -0.05) is 32.8 Å². The molecule has 2 aliphatic rings. The van der Waals surface area contributed by atoms with Gasteiger partial charge in [0.05, 0.1) is 19.3 Å². The van der Waals surface area contributed by atoms with Crippen LogP contribution in [0.15, 0.2) is 57.3 Å². The summed E-state index contributed by atoms with van der Waals surface area (Å²) < 4.78 is 6.11. The van der Waals surface area contributed by atoms with Crippen LogP contribution in [0.25, 0.3) is 0 Å². The van der Waals surface area contributed by atoms with E-state index in [1.165, 1.54) is 0 Å². The molecule has 4 rings (SSSR count). The zero-order valence-electron chi connectivity index (χ0n) is 14.2. The predicted molar refractivity (Wildman–Crippen MR) is 103 cm³/mol. The van der Waals surface area contributed by atoms with E-state index < -0.39 is 12.1 Å². The topological polar surface area (TPSA) is 74.6 Å². The van der Waals surface area contributed by atoms with Crippen molar-refractivity contribution < 1.29 is 14.3 Å². The number of imide groups is 1. The minimum atomic E-state index is -0.836. The standard InChI is InChI=1S/C18H14BrClN4O3/c1-27-13-6-7-14(19)10(8-13)9-23-16-15(21-22-23)17(25)24(18(16)26)12-4-2-11(20)3-5-12/h2-8,15-16H,9H2,1H3/t15-,16+/m1/s1. The maximum atomic E-state index is 13.0. The molecule has 0 spiro atoms. The Morgan fingerprint density at radius 2 is 1.89 bits per heavy atom. The molecule has 2 atom stereocenters. The lowest BCUT2D eigenvalue weighted by Gasteiger charge is -2.21. The highest BCUT2D eigenvalue weighted by Gasteiger charge is 2.54. The van der Waals surface area contributed by atoms with Crippen molar-refractivity contribution in [3.05, 3.63) is 57.5 Å². The molecular weight excluding hydrogens is 436 g/mol. The lowest BCUT2D eigenvalue weighted by Crippen LogP contribution is -2.39. The van der Waals surface area contributed by atoms with Crippen molar-refractivity contribution in [3.8, 4) is 5.75 Å². The summed E-state index contributed by atoms with van der Waals surface area (Å²) in [4.78, 5) is 26.8. The molecule has 0 unspecified atom stereocenters. The number of anilines is 1. The van der Waals surface area contributed by atoms with E-state index in [1.54, 1.807) is 36.4 Å². The molecule has 2 aromatic carbocycles. The van der Waals surface area contributed by atoms with Crippen LogP contribution in [-0.4, -0.2) is 36.0 Å². The van der Waals surface area contributed by atoms with Crippen molar-refractivity contribution in [3.63, 3.8) is 0 Å². The van der Waals surface area contributed by atoms with Crippen LogP contribution >= 0.6 is 27.5 Å². The van der Waals surface area contributed by atoms with Crippen molar-refractivity contribution in [2.24, 2.45) is 10.3 Å². The fourth-order valence-corrected chi connectivity index (χ4v) is 3.67. The molecule has 0 N–H and O–H groups in total. The average molecular weight is 450 g/mol. The number of rotatable bonds is 4. The SMILES string of the molecule is COc1ccc(Br)c(CN2N=N[C@H]3C(=O)N(c4ccc(Cl)cc4)C(=O)[C@H]32)c1. The first-order chi connectivity index (χ1) is 13.0. The van der Waals surface area contributed by atoms with Gasteiger partial charge in [0.25, 0.3) is 11.8 Å². The molecule has 138 valence electrons. The molecular formula is C18H14BrClN4O3. The maximum absolute atomic E-state index is 13.0. The highest BCUT2D eigenvalue weighted by molar-refractivity contribution is 9.10. The van der Waals surface area contributed by atoms with Crippen LogP contribution in [0.3, 0.4) is 0 Å². The van der Waals surface area contributed by atoms with Crippen LogP contribution in [-0.2, 0) is 16.1 Å². The Morgan fingerprint density at radius 3 is 2.59 bits per heavy atom. The van der Waals surface area contributed by atoms with Gasteiger partial charge >= 0.3 is 0 Å². The quantitative estimate of drug-likeness (QED) is 0.669. The van der Waals surface area contributed by atoms with Gasteiger partial charge in [-0.2, -0.15) is 5.11 Å². The normalized spacial score (nSPS) is 21.1. The number of ether oxygens (including phenoxy) is 1. The second-order valence-electron chi connectivity index (χ2n) is 6.14. The third-order valence-electron chi connectivity index (χ3n) is 4.53. The van der Waals surface area contributed by atoms with Gasteiger partial charge in [-0.3, -0.25) is 14.6 Å². The predicted octanol–water partition coefficient (Wildman–Crippen LogP) is 3.60. The molecule has 1 saturated heterocycles. The lowest BCUT2D eigenvalue weighted by molar-refractivity contribution is -0.123. The first-order valence-electron chi connectivity index (χ1n) is 8.13. The summed E-state index contributed by atoms with van der Waals surface area (Å²) in [6, 6.07) is 10.5. The molecule has 0 aliphatic carbocycles. The summed E-state index contributed by atoms with van der Waals surface area (Å²) in [5.74, 6) is -0.0443. The molecule has 0 aromatic heterocycles. The second kappa shape index (κ2) is 6.94. The third kappa shape index (κ3) is 3.08. The number of methoxy groups -OCH3 is 1. The van der Waals surface area contributed by atoms with E-state index in [9.17, 15) is 9.59 Å². The van der Waals surface area contributed by atoms with Crippen molar-refractivity contribution in [2.45, 2.75) is 18.6 Å². The first kappa shape index (κ1) is 17.9. The number of halogens is 2. The van der Waals surface area contributed by atoms with E-state index in [2.05, 4.69) is 26.3 Å². The van der Waals surface area contributed by atoms with Crippen molar-refractivity contribution in [2.75, 3.05) is 12.0 Å². The van der Waals surface area contributed by atoms with Gasteiger partial charge in [0.15, 0.2) is 12.1 Å². The number of fused-ring (bicyclic) bond motifs is 1. The molecule has 0 bridgehead atoms. The van der Waals surface area contributed by atoms with Crippen LogP contribution in [0.1, 0.15) is 5.56 Å². The number of nitrogens with zero attached hydrogens (tertiary/aromatic N) is 4. The van der Waals surface area contributed by atoms with Crippen LogP contribution in [0.4, 0.5) is 5.69 Å². The van der Waals surface area contributed by atoms with Crippen molar-refractivity contribution in [1.82, 2.24) is 5.01 Å². The summed E-state index contributed by atoms with van der Waals surface area (Å²) in [5.41, 5.74) is 1.35. The summed E-state index contributed by atoms with van der Waals surface area (Å²) in [6.07, 6.45) is 0. The van der Waals surface area contributed by atoms with Gasteiger partial charge in [-0.25, -0.2) is 4.90 Å². The van der Waals surface area contributed by atoms with Crippen LogP contribution < -0.4 is 9.64 Å². The molecule has 9 heteroatoms. The summed E-state index contributed by atoms with van der Waals surface area (Å²) in [7, 11) is 1.59. The highest BCUT2D eigenvalue weighted by Crippen LogP contribution is 2.34. The smallest absolute Gasteiger partial charge is 0.263 e. The summed E-state index contributed by atoms with van der Waals surface area (Å²) in [6.45, 7) is 0.315. The highest BCUT2D eigenvalue weighted by atomic mass is 79.9. The van der Waals surface area contributed by atoms with Gasteiger partial charge in [0.1, 0.15) is 5.75 Å². The first-order valence-corrected chi connectivity index (χ1v) is 9.30. The van der Waals surface area contributed by atoms with Crippen LogP contribution in [0.2, 0.25) is 5.02 Å². The van der Waals surface area contributed by atoms with E-state index in [4.69, 9.17) is 16.3 Å². The fourth-order valence-electron chi connectivity index (χ4n) is 3.17. The van der Waals surface area contributed by atoms with Gasteiger partial charge in [0.2, 0.25) is 0 Å². The molecule has 0 radical (unpaired) electrons. The summed E-state index contributed by atoms with van der Waals surface area (Å²) >= 11 is 9.39. The zero-order valence-corrected chi connectivity index (χ0v) is 16.5. The molecule has 2 heterocycles. The van der Waals surface area contributed by atoms with Gasteiger partial charge < -0.3 is 4.74 Å². The number of carbonyl (C=O) groups excluding carboxylic acids is 2. The van der Waals surface area contributed by atoms with Gasteiger partial charge in [0, 0.05) is 9.50 Å². The molecule has 27 heavy (non-hydrogen) atoms. The Morgan fingerprint density at radius 1 is 1.15 bits per heavy atom. The Balaban J connectivity index is 1.61. The largest absolute Gasteiger partial charge is 0.497 e. The van der Waals surface area contributed by atoms with Crippen molar-refractivity contribution in [1.29, 1.82) is 0 Å².